The first-order valence-electron chi connectivity index (χ1n) is 10.9. The Balaban J connectivity index is 1.94. The van der Waals surface area contributed by atoms with E-state index in [0.29, 0.717) is 28.5 Å². The van der Waals surface area contributed by atoms with Crippen molar-refractivity contribution in [2.24, 2.45) is 0 Å². The number of hydrogen-bond acceptors (Lipinski definition) is 5. The van der Waals surface area contributed by atoms with Gasteiger partial charge in [0.05, 0.1) is 30.7 Å². The lowest BCUT2D eigenvalue weighted by molar-refractivity contribution is 0.354. The van der Waals surface area contributed by atoms with Crippen LogP contribution in [0.3, 0.4) is 0 Å². The Morgan fingerprint density at radius 3 is 2.17 bits per heavy atom. The number of aryl methyl sites for hydroxylation is 2. The Morgan fingerprint density at radius 2 is 1.57 bits per heavy atom. The fourth-order valence-electron chi connectivity index (χ4n) is 3.93. The quantitative estimate of drug-likeness (QED) is 0.263. The average Bonchev–Trinajstić information content (AvgIpc) is 3.25. The van der Waals surface area contributed by atoms with Gasteiger partial charge in [-0.15, -0.1) is 0 Å². The third-order valence-electron chi connectivity index (χ3n) is 5.67. The molecule has 3 aromatic carbocycles. The van der Waals surface area contributed by atoms with Crippen LogP contribution in [0, 0.1) is 13.8 Å². The highest BCUT2D eigenvalue weighted by molar-refractivity contribution is 9.10. The van der Waals surface area contributed by atoms with E-state index in [-0.39, 0.29) is 4.90 Å². The predicted octanol–water partition coefficient (Wildman–Crippen LogP) is 6.66. The zero-order chi connectivity index (χ0) is 25.2. The SMILES string of the molecule is COc1cc(NS(=O)(=O)c2ccc(C)cc2)c([C@@H](c2cccc(Br)c2)c2ccc(C)o2)cc1OC. The van der Waals surface area contributed by atoms with Crippen LogP contribution in [0.2, 0.25) is 0 Å². The summed E-state index contributed by atoms with van der Waals surface area (Å²) in [5.74, 6) is 1.88. The minimum atomic E-state index is -3.88. The minimum absolute atomic E-state index is 0.164. The van der Waals surface area contributed by atoms with Crippen LogP contribution in [0.5, 0.6) is 11.5 Å². The molecular formula is C27H26BrNO5S. The lowest BCUT2D eigenvalue weighted by Gasteiger charge is -2.23. The van der Waals surface area contributed by atoms with Crippen molar-refractivity contribution in [1.82, 2.24) is 0 Å². The number of sulfonamides is 1. The maximum Gasteiger partial charge on any atom is 0.261 e. The van der Waals surface area contributed by atoms with Gasteiger partial charge >= 0.3 is 0 Å². The highest BCUT2D eigenvalue weighted by Crippen LogP contribution is 2.43. The highest BCUT2D eigenvalue weighted by atomic mass is 79.9. The molecule has 0 aliphatic heterocycles. The smallest absolute Gasteiger partial charge is 0.261 e. The molecule has 0 radical (unpaired) electrons. The minimum Gasteiger partial charge on any atom is -0.493 e. The van der Waals surface area contributed by atoms with Gasteiger partial charge in [-0.1, -0.05) is 45.8 Å². The molecule has 8 heteroatoms. The van der Waals surface area contributed by atoms with Crippen LogP contribution in [-0.2, 0) is 10.0 Å². The second-order valence-corrected chi connectivity index (χ2v) is 10.7. The van der Waals surface area contributed by atoms with Gasteiger partial charge in [0, 0.05) is 10.5 Å². The van der Waals surface area contributed by atoms with Crippen LogP contribution in [0.15, 0.2) is 86.6 Å². The van der Waals surface area contributed by atoms with E-state index in [9.17, 15) is 8.42 Å². The number of methoxy groups -OCH3 is 2. The molecule has 0 bridgehead atoms. The molecular weight excluding hydrogens is 530 g/mol. The second-order valence-electron chi connectivity index (χ2n) is 8.15. The molecule has 6 nitrogen and oxygen atoms in total. The second kappa shape index (κ2) is 10.2. The monoisotopic (exact) mass is 555 g/mol. The van der Waals surface area contributed by atoms with Crippen LogP contribution in [-0.4, -0.2) is 22.6 Å². The molecule has 1 N–H and O–H groups in total. The number of rotatable bonds is 8. The van der Waals surface area contributed by atoms with E-state index >= 15 is 0 Å². The van der Waals surface area contributed by atoms with Crippen LogP contribution in [0.4, 0.5) is 5.69 Å². The maximum atomic E-state index is 13.4. The first-order chi connectivity index (χ1) is 16.7. The number of nitrogens with one attached hydrogen (secondary N) is 1. The van der Waals surface area contributed by atoms with Gasteiger partial charge < -0.3 is 13.9 Å². The maximum absolute atomic E-state index is 13.4. The Labute approximate surface area is 214 Å². The van der Waals surface area contributed by atoms with E-state index in [0.717, 1.165) is 21.4 Å². The third-order valence-corrected chi connectivity index (χ3v) is 7.54. The van der Waals surface area contributed by atoms with E-state index in [1.165, 1.54) is 7.11 Å². The van der Waals surface area contributed by atoms with Crippen molar-refractivity contribution >= 4 is 31.6 Å². The summed E-state index contributed by atoms with van der Waals surface area (Å²) in [6.45, 7) is 3.78. The number of hydrogen-bond donors (Lipinski definition) is 1. The van der Waals surface area contributed by atoms with Gasteiger partial charge in [0.25, 0.3) is 10.0 Å². The van der Waals surface area contributed by atoms with Crippen molar-refractivity contribution in [3.8, 4) is 11.5 Å². The van der Waals surface area contributed by atoms with Crippen molar-refractivity contribution in [2.75, 3.05) is 18.9 Å². The van der Waals surface area contributed by atoms with Crippen molar-refractivity contribution in [3.63, 3.8) is 0 Å². The zero-order valence-electron chi connectivity index (χ0n) is 19.8. The molecule has 4 aromatic rings. The molecule has 0 aliphatic rings. The summed E-state index contributed by atoms with van der Waals surface area (Å²) in [5, 5.41) is 0. The molecule has 0 spiro atoms. The van der Waals surface area contributed by atoms with Crippen LogP contribution >= 0.6 is 15.9 Å². The van der Waals surface area contributed by atoms with E-state index < -0.39 is 15.9 Å². The van der Waals surface area contributed by atoms with E-state index in [4.69, 9.17) is 13.9 Å². The summed E-state index contributed by atoms with van der Waals surface area (Å²) in [6.07, 6.45) is 0. The highest BCUT2D eigenvalue weighted by Gasteiger charge is 2.27. The van der Waals surface area contributed by atoms with Gasteiger partial charge in [0.15, 0.2) is 11.5 Å². The molecule has 4 rings (SSSR count). The fraction of sp³-hybridized carbons (Fsp3) is 0.185. The summed E-state index contributed by atoms with van der Waals surface area (Å²) < 4.78 is 47.5. The van der Waals surface area contributed by atoms with E-state index in [1.807, 2.05) is 50.2 Å². The topological polar surface area (TPSA) is 77.8 Å². The van der Waals surface area contributed by atoms with Crippen molar-refractivity contribution in [3.05, 3.63) is 105 Å². The Hall–Kier alpha value is -3.23. The standard InChI is InChI=1S/C27H26BrNO5S/c1-17-8-11-21(12-9-17)35(30,31)29-23-16-26(33-4)25(32-3)15-22(23)27(24-13-10-18(2)34-24)19-6-5-7-20(28)14-19/h5-16,27,29H,1-4H3/t27-/m1/s1. The lowest BCUT2D eigenvalue weighted by Crippen LogP contribution is -2.16. The number of benzene rings is 3. The Kier molecular flexibility index (Phi) is 7.23. The largest absolute Gasteiger partial charge is 0.493 e. The lowest BCUT2D eigenvalue weighted by atomic mass is 9.88. The summed E-state index contributed by atoms with van der Waals surface area (Å²) in [7, 11) is -0.828. The molecule has 0 saturated heterocycles. The zero-order valence-corrected chi connectivity index (χ0v) is 22.2. The average molecular weight is 556 g/mol. The number of ether oxygens (including phenoxy) is 2. The van der Waals surface area contributed by atoms with Crippen molar-refractivity contribution < 1.29 is 22.3 Å². The Morgan fingerprint density at radius 1 is 0.886 bits per heavy atom. The molecule has 182 valence electrons. The summed E-state index contributed by atoms with van der Waals surface area (Å²) in [4.78, 5) is 0.164. The summed E-state index contributed by atoms with van der Waals surface area (Å²) >= 11 is 3.55. The number of anilines is 1. The normalized spacial score (nSPS) is 12.3. The fourth-order valence-corrected chi connectivity index (χ4v) is 5.43. The van der Waals surface area contributed by atoms with Crippen LogP contribution < -0.4 is 14.2 Å². The molecule has 0 saturated carbocycles. The Bertz CT molecular complexity index is 1440. The van der Waals surface area contributed by atoms with Crippen molar-refractivity contribution in [2.45, 2.75) is 24.7 Å². The molecule has 0 fully saturated rings. The van der Waals surface area contributed by atoms with Crippen molar-refractivity contribution in [1.29, 1.82) is 0 Å². The molecule has 35 heavy (non-hydrogen) atoms. The van der Waals surface area contributed by atoms with Gasteiger partial charge in [-0.3, -0.25) is 4.72 Å². The summed E-state index contributed by atoms with van der Waals surface area (Å²) in [5.41, 5.74) is 2.91. The first-order valence-corrected chi connectivity index (χ1v) is 13.2. The van der Waals surface area contributed by atoms with Gasteiger partial charge in [0.2, 0.25) is 0 Å². The predicted molar refractivity (Wildman–Crippen MR) is 140 cm³/mol. The number of halogens is 1. The van der Waals surface area contributed by atoms with Gasteiger partial charge in [-0.25, -0.2) is 8.42 Å². The number of furan rings is 1. The van der Waals surface area contributed by atoms with Gasteiger partial charge in [-0.05, 0) is 67.4 Å². The van der Waals surface area contributed by atoms with E-state index in [1.54, 1.807) is 43.5 Å². The molecule has 1 atom stereocenters. The molecule has 0 unspecified atom stereocenters. The summed E-state index contributed by atoms with van der Waals surface area (Å²) in [6, 6.07) is 21.7. The van der Waals surface area contributed by atoms with Crippen LogP contribution in [0.25, 0.3) is 0 Å². The third kappa shape index (κ3) is 5.39. The van der Waals surface area contributed by atoms with Crippen LogP contribution in [0.1, 0.15) is 34.1 Å². The molecule has 1 heterocycles. The molecule has 1 aromatic heterocycles. The van der Waals surface area contributed by atoms with Gasteiger partial charge in [-0.2, -0.15) is 0 Å². The van der Waals surface area contributed by atoms with Gasteiger partial charge in [0.1, 0.15) is 11.5 Å². The van der Waals surface area contributed by atoms with E-state index in [2.05, 4.69) is 20.7 Å². The first kappa shape index (κ1) is 24.9. The molecule has 0 aliphatic carbocycles. The molecule has 0 amide bonds.